The molecule has 8 heteroatoms. The number of hydrogen-bond donors (Lipinski definition) is 2. The second kappa shape index (κ2) is 5.02. The van der Waals surface area contributed by atoms with Crippen LogP contribution in [0.4, 0.5) is 15.8 Å². The van der Waals surface area contributed by atoms with Crippen LogP contribution < -0.4 is 10.5 Å². The van der Waals surface area contributed by atoms with Crippen LogP contribution in [-0.2, 0) is 10.0 Å². The molecule has 0 bridgehead atoms. The molecule has 0 atom stereocenters. The molecule has 100 valence electrons. The third kappa shape index (κ3) is 2.94. The van der Waals surface area contributed by atoms with E-state index < -0.39 is 20.7 Å². The molecule has 2 aromatic rings. The smallest absolute Gasteiger partial charge is 0.264 e. The zero-order chi connectivity index (χ0) is 14.0. The number of nitrogen functional groups attached to an aromatic ring is 1. The van der Waals surface area contributed by atoms with Crippen molar-refractivity contribution in [2.75, 3.05) is 10.5 Å². The van der Waals surface area contributed by atoms with E-state index in [2.05, 4.69) is 9.71 Å². The lowest BCUT2D eigenvalue weighted by Crippen LogP contribution is -2.15. The maximum Gasteiger partial charge on any atom is 0.264 e. The average Bonchev–Trinajstić information content (AvgIpc) is 2.31. The topological polar surface area (TPSA) is 85.1 Å². The molecule has 5 nitrogen and oxygen atoms in total. The highest BCUT2D eigenvalue weighted by Crippen LogP contribution is 2.24. The Morgan fingerprint density at radius 3 is 2.68 bits per heavy atom. The lowest BCUT2D eigenvalue weighted by atomic mass is 10.3. The van der Waals surface area contributed by atoms with E-state index in [0.29, 0.717) is 0 Å². The van der Waals surface area contributed by atoms with Crippen LogP contribution in [0.25, 0.3) is 0 Å². The van der Waals surface area contributed by atoms with Gasteiger partial charge in [-0.1, -0.05) is 11.6 Å². The van der Waals surface area contributed by atoms with Gasteiger partial charge < -0.3 is 5.73 Å². The van der Waals surface area contributed by atoms with Gasteiger partial charge in [-0.25, -0.2) is 12.8 Å². The zero-order valence-corrected chi connectivity index (χ0v) is 11.0. The number of nitrogens with two attached hydrogens (primary N) is 1. The zero-order valence-electron chi connectivity index (χ0n) is 9.47. The summed E-state index contributed by atoms with van der Waals surface area (Å²) in [6, 6.07) is 4.72. The Morgan fingerprint density at radius 1 is 1.32 bits per heavy atom. The maximum atomic E-state index is 13.6. The Hall–Kier alpha value is -1.86. The Labute approximate surface area is 114 Å². The highest BCUT2D eigenvalue weighted by Gasteiger charge is 2.20. The second-order valence-corrected chi connectivity index (χ2v) is 5.71. The number of aromatic nitrogens is 1. The van der Waals surface area contributed by atoms with Crippen molar-refractivity contribution >= 4 is 33.0 Å². The first-order chi connectivity index (χ1) is 8.90. The van der Waals surface area contributed by atoms with Gasteiger partial charge in [-0.3, -0.25) is 9.71 Å². The lowest BCUT2D eigenvalue weighted by molar-refractivity contribution is 0.571. The molecule has 0 aliphatic carbocycles. The number of pyridine rings is 1. The van der Waals surface area contributed by atoms with Gasteiger partial charge in [0.05, 0.1) is 16.9 Å². The van der Waals surface area contributed by atoms with Gasteiger partial charge >= 0.3 is 0 Å². The number of benzene rings is 1. The summed E-state index contributed by atoms with van der Waals surface area (Å²) in [6.07, 6.45) is 2.64. The van der Waals surface area contributed by atoms with Gasteiger partial charge in [-0.2, -0.15) is 0 Å². The molecular formula is C11H9ClFN3O2S. The van der Waals surface area contributed by atoms with E-state index in [0.717, 1.165) is 12.1 Å². The molecule has 0 saturated carbocycles. The first-order valence-electron chi connectivity index (χ1n) is 5.07. The molecule has 1 heterocycles. The van der Waals surface area contributed by atoms with Gasteiger partial charge in [0.1, 0.15) is 10.7 Å². The maximum absolute atomic E-state index is 13.6. The number of hydrogen-bond acceptors (Lipinski definition) is 4. The summed E-state index contributed by atoms with van der Waals surface area (Å²) < 4.78 is 39.8. The van der Waals surface area contributed by atoms with Crippen molar-refractivity contribution in [3.05, 3.63) is 47.5 Å². The van der Waals surface area contributed by atoms with E-state index >= 15 is 0 Å². The molecule has 2 rings (SSSR count). The lowest BCUT2D eigenvalue weighted by Gasteiger charge is -2.09. The largest absolute Gasteiger partial charge is 0.399 e. The molecule has 19 heavy (non-hydrogen) atoms. The van der Waals surface area contributed by atoms with Crippen LogP contribution in [0, 0.1) is 5.82 Å². The predicted molar refractivity (Wildman–Crippen MR) is 70.9 cm³/mol. The second-order valence-electron chi connectivity index (χ2n) is 3.65. The Balaban J connectivity index is 2.41. The number of anilines is 2. The summed E-state index contributed by atoms with van der Waals surface area (Å²) in [6.45, 7) is 0. The molecule has 0 saturated heterocycles. The normalized spacial score (nSPS) is 11.3. The SMILES string of the molecule is Nc1ccc(S(=O)(=O)Nc2cnccc2Cl)c(F)c1. The minimum atomic E-state index is -4.09. The molecule has 0 spiro atoms. The minimum absolute atomic E-state index is 0.0698. The van der Waals surface area contributed by atoms with Crippen LogP contribution in [0.5, 0.6) is 0 Å². The number of halogens is 2. The minimum Gasteiger partial charge on any atom is -0.399 e. The van der Waals surface area contributed by atoms with Crippen LogP contribution in [0.3, 0.4) is 0 Å². The molecule has 0 radical (unpaired) electrons. The molecule has 3 N–H and O–H groups in total. The highest BCUT2D eigenvalue weighted by atomic mass is 35.5. The number of rotatable bonds is 3. The monoisotopic (exact) mass is 301 g/mol. The van der Waals surface area contributed by atoms with Gasteiger partial charge in [0.2, 0.25) is 0 Å². The van der Waals surface area contributed by atoms with Gasteiger partial charge in [0, 0.05) is 11.9 Å². The van der Waals surface area contributed by atoms with Crippen molar-refractivity contribution in [3.63, 3.8) is 0 Å². The fourth-order valence-corrected chi connectivity index (χ4v) is 2.72. The Morgan fingerprint density at radius 2 is 2.05 bits per heavy atom. The molecule has 0 amide bonds. The Bertz CT molecular complexity index is 722. The van der Waals surface area contributed by atoms with Gasteiger partial charge in [-0.15, -0.1) is 0 Å². The van der Waals surface area contributed by atoms with Crippen LogP contribution in [-0.4, -0.2) is 13.4 Å². The number of nitrogens with zero attached hydrogens (tertiary/aromatic N) is 1. The summed E-state index contributed by atoms with van der Waals surface area (Å²) in [5, 5.41) is 0.162. The fraction of sp³-hybridized carbons (Fsp3) is 0. The van der Waals surface area contributed by atoms with E-state index in [-0.39, 0.29) is 16.4 Å². The number of nitrogens with one attached hydrogen (secondary N) is 1. The molecule has 0 aliphatic heterocycles. The fourth-order valence-electron chi connectivity index (χ4n) is 1.39. The molecule has 1 aromatic carbocycles. The van der Waals surface area contributed by atoms with E-state index in [1.165, 1.54) is 24.5 Å². The van der Waals surface area contributed by atoms with Crippen LogP contribution >= 0.6 is 11.6 Å². The summed E-state index contributed by atoms with van der Waals surface area (Å²) in [7, 11) is -4.09. The van der Waals surface area contributed by atoms with E-state index in [9.17, 15) is 12.8 Å². The predicted octanol–water partition coefficient (Wildman–Crippen LogP) is 2.26. The van der Waals surface area contributed by atoms with Gasteiger partial charge in [0.25, 0.3) is 10.0 Å². The van der Waals surface area contributed by atoms with Crippen molar-refractivity contribution in [2.45, 2.75) is 4.90 Å². The summed E-state index contributed by atoms with van der Waals surface area (Å²) in [5.74, 6) is -0.937. The number of sulfonamides is 1. The third-order valence-electron chi connectivity index (χ3n) is 2.26. The van der Waals surface area contributed by atoms with Crippen molar-refractivity contribution in [1.29, 1.82) is 0 Å². The van der Waals surface area contributed by atoms with E-state index in [1.807, 2.05) is 0 Å². The van der Waals surface area contributed by atoms with E-state index in [4.69, 9.17) is 17.3 Å². The van der Waals surface area contributed by atoms with E-state index in [1.54, 1.807) is 0 Å². The van der Waals surface area contributed by atoms with Gasteiger partial charge in [-0.05, 0) is 24.3 Å². The van der Waals surface area contributed by atoms with Crippen molar-refractivity contribution in [3.8, 4) is 0 Å². The van der Waals surface area contributed by atoms with Crippen LogP contribution in [0.2, 0.25) is 5.02 Å². The quantitative estimate of drug-likeness (QED) is 0.852. The van der Waals surface area contributed by atoms with Crippen molar-refractivity contribution in [2.24, 2.45) is 0 Å². The van der Waals surface area contributed by atoms with Crippen molar-refractivity contribution in [1.82, 2.24) is 4.98 Å². The van der Waals surface area contributed by atoms with Crippen LogP contribution in [0.1, 0.15) is 0 Å². The first-order valence-corrected chi connectivity index (χ1v) is 6.93. The third-order valence-corrected chi connectivity index (χ3v) is 3.99. The van der Waals surface area contributed by atoms with Crippen LogP contribution in [0.15, 0.2) is 41.6 Å². The molecule has 0 fully saturated rings. The Kier molecular flexibility index (Phi) is 3.59. The summed E-state index contributed by atoms with van der Waals surface area (Å²) >= 11 is 5.80. The molecular weight excluding hydrogens is 293 g/mol. The standard InChI is InChI=1S/C11H9ClFN3O2S/c12-8-3-4-15-6-10(8)16-19(17,18)11-2-1-7(14)5-9(11)13/h1-6,16H,14H2. The summed E-state index contributed by atoms with van der Waals surface area (Å²) in [4.78, 5) is 3.22. The highest BCUT2D eigenvalue weighted by molar-refractivity contribution is 7.92. The molecule has 0 aliphatic rings. The first kappa shape index (κ1) is 13.6. The average molecular weight is 302 g/mol. The van der Waals surface area contributed by atoms with Gasteiger partial charge in [0.15, 0.2) is 0 Å². The van der Waals surface area contributed by atoms with Crippen molar-refractivity contribution < 1.29 is 12.8 Å². The summed E-state index contributed by atoms with van der Waals surface area (Å²) in [5.41, 5.74) is 5.57. The molecule has 1 aromatic heterocycles. The molecule has 0 unspecified atom stereocenters.